The molecule has 1 aliphatic rings. The Labute approximate surface area is 134 Å². The minimum atomic E-state index is -3.81. The van der Waals surface area contributed by atoms with E-state index < -0.39 is 14.9 Å². The summed E-state index contributed by atoms with van der Waals surface area (Å²) < 4.78 is 27.0. The van der Waals surface area contributed by atoms with Gasteiger partial charge in [-0.15, -0.1) is 0 Å². The molecule has 0 spiro atoms. The summed E-state index contributed by atoms with van der Waals surface area (Å²) in [6.45, 7) is 3.63. The van der Waals surface area contributed by atoms with Gasteiger partial charge in [-0.25, -0.2) is 13.1 Å². The standard InChI is InChI=1S/C13H18ClN3O4S/c1-9-12(14)6-11(7-13(9)17(18)19)22(20,21)16-5-3-10-2-4-15-8-10/h6-7,10,15-16H,2-5,8H2,1H3. The summed E-state index contributed by atoms with van der Waals surface area (Å²) in [4.78, 5) is 10.2. The molecule has 1 fully saturated rings. The van der Waals surface area contributed by atoms with E-state index in [2.05, 4.69) is 10.0 Å². The molecule has 2 rings (SSSR count). The van der Waals surface area contributed by atoms with Crippen molar-refractivity contribution >= 4 is 27.3 Å². The van der Waals surface area contributed by atoms with Crippen LogP contribution in [0.2, 0.25) is 5.02 Å². The molecule has 1 saturated heterocycles. The van der Waals surface area contributed by atoms with Gasteiger partial charge in [0, 0.05) is 18.2 Å². The Hall–Kier alpha value is -1.22. The maximum atomic E-state index is 12.2. The number of nitrogens with one attached hydrogen (secondary N) is 2. The first kappa shape index (κ1) is 17.1. The molecule has 1 aromatic carbocycles. The first-order chi connectivity index (χ1) is 10.3. The molecule has 0 aromatic heterocycles. The van der Waals surface area contributed by atoms with E-state index in [1.54, 1.807) is 0 Å². The van der Waals surface area contributed by atoms with E-state index in [1.165, 1.54) is 13.0 Å². The van der Waals surface area contributed by atoms with E-state index in [4.69, 9.17) is 11.6 Å². The Morgan fingerprint density at radius 1 is 1.50 bits per heavy atom. The molecule has 1 atom stereocenters. The number of hydrogen-bond acceptors (Lipinski definition) is 5. The van der Waals surface area contributed by atoms with Crippen LogP contribution < -0.4 is 10.0 Å². The lowest BCUT2D eigenvalue weighted by Crippen LogP contribution is -2.26. The Balaban J connectivity index is 2.12. The maximum Gasteiger partial charge on any atom is 0.275 e. The van der Waals surface area contributed by atoms with Gasteiger partial charge in [0.1, 0.15) is 0 Å². The molecule has 122 valence electrons. The van der Waals surface area contributed by atoms with E-state index in [0.717, 1.165) is 32.0 Å². The van der Waals surface area contributed by atoms with E-state index >= 15 is 0 Å². The van der Waals surface area contributed by atoms with Crippen molar-refractivity contribution in [2.45, 2.75) is 24.7 Å². The molecule has 0 bridgehead atoms. The quantitative estimate of drug-likeness (QED) is 0.604. The highest BCUT2D eigenvalue weighted by molar-refractivity contribution is 7.89. The Bertz CT molecular complexity index is 672. The van der Waals surface area contributed by atoms with Gasteiger partial charge in [0.15, 0.2) is 0 Å². The van der Waals surface area contributed by atoms with Crippen LogP contribution in [0.4, 0.5) is 5.69 Å². The number of benzene rings is 1. The van der Waals surface area contributed by atoms with Gasteiger partial charge in [0.25, 0.3) is 5.69 Å². The SMILES string of the molecule is Cc1c(Cl)cc(S(=O)(=O)NCCC2CCNC2)cc1[N+](=O)[O-]. The van der Waals surface area contributed by atoms with Crippen molar-refractivity contribution in [3.8, 4) is 0 Å². The van der Waals surface area contributed by atoms with Crippen LogP contribution in [0.3, 0.4) is 0 Å². The van der Waals surface area contributed by atoms with Crippen molar-refractivity contribution in [2.24, 2.45) is 5.92 Å². The number of nitro groups is 1. The molecule has 1 unspecified atom stereocenters. The Morgan fingerprint density at radius 2 is 2.23 bits per heavy atom. The average molecular weight is 348 g/mol. The fraction of sp³-hybridized carbons (Fsp3) is 0.538. The van der Waals surface area contributed by atoms with Crippen LogP contribution in [0.25, 0.3) is 0 Å². The number of sulfonamides is 1. The van der Waals surface area contributed by atoms with E-state index in [-0.39, 0.29) is 21.2 Å². The molecule has 9 heteroatoms. The van der Waals surface area contributed by atoms with Crippen LogP contribution in [0, 0.1) is 23.0 Å². The van der Waals surface area contributed by atoms with Gasteiger partial charge in [0.2, 0.25) is 10.0 Å². The second-order valence-corrected chi connectivity index (χ2v) is 7.53. The minimum absolute atomic E-state index is 0.0644. The van der Waals surface area contributed by atoms with Crippen molar-refractivity contribution < 1.29 is 13.3 Å². The normalized spacial score (nSPS) is 18.5. The molecule has 0 amide bonds. The third-order valence-electron chi connectivity index (χ3n) is 3.80. The lowest BCUT2D eigenvalue weighted by molar-refractivity contribution is -0.385. The molecule has 0 saturated carbocycles. The molecule has 2 N–H and O–H groups in total. The summed E-state index contributed by atoms with van der Waals surface area (Å²) in [5, 5.41) is 14.2. The molecule has 7 nitrogen and oxygen atoms in total. The maximum absolute atomic E-state index is 12.2. The second kappa shape index (κ2) is 6.91. The van der Waals surface area contributed by atoms with E-state index in [1.807, 2.05) is 0 Å². The predicted molar refractivity (Wildman–Crippen MR) is 83.6 cm³/mol. The predicted octanol–water partition coefficient (Wildman–Crippen LogP) is 1.83. The van der Waals surface area contributed by atoms with Gasteiger partial charge in [-0.2, -0.15) is 0 Å². The third kappa shape index (κ3) is 3.95. The van der Waals surface area contributed by atoms with Gasteiger partial charge >= 0.3 is 0 Å². The lowest BCUT2D eigenvalue weighted by Gasteiger charge is -2.11. The van der Waals surface area contributed by atoms with Crippen molar-refractivity contribution in [3.05, 3.63) is 32.8 Å². The van der Waals surface area contributed by atoms with E-state index in [9.17, 15) is 18.5 Å². The highest BCUT2D eigenvalue weighted by atomic mass is 35.5. The fourth-order valence-corrected chi connectivity index (χ4v) is 3.80. The molecule has 1 heterocycles. The summed E-state index contributed by atoms with van der Waals surface area (Å²) in [6.07, 6.45) is 1.76. The number of nitrogens with zero attached hydrogens (tertiary/aromatic N) is 1. The van der Waals surface area contributed by atoms with Gasteiger partial charge < -0.3 is 5.32 Å². The largest absolute Gasteiger partial charge is 0.316 e. The molecule has 1 aromatic rings. The van der Waals surface area contributed by atoms with Crippen molar-refractivity contribution in [1.82, 2.24) is 10.0 Å². The molecular formula is C13H18ClN3O4S. The van der Waals surface area contributed by atoms with Crippen LogP contribution in [0.1, 0.15) is 18.4 Å². The van der Waals surface area contributed by atoms with Gasteiger partial charge in [-0.1, -0.05) is 11.6 Å². The third-order valence-corrected chi connectivity index (χ3v) is 5.64. The van der Waals surface area contributed by atoms with Crippen LogP contribution in [0.5, 0.6) is 0 Å². The monoisotopic (exact) mass is 347 g/mol. The van der Waals surface area contributed by atoms with Crippen LogP contribution in [0.15, 0.2) is 17.0 Å². The minimum Gasteiger partial charge on any atom is -0.316 e. The summed E-state index contributed by atoms with van der Waals surface area (Å²) in [5.74, 6) is 0.457. The smallest absolute Gasteiger partial charge is 0.275 e. The zero-order valence-electron chi connectivity index (χ0n) is 12.1. The van der Waals surface area contributed by atoms with Crippen molar-refractivity contribution in [3.63, 3.8) is 0 Å². The Kier molecular flexibility index (Phi) is 5.38. The van der Waals surface area contributed by atoms with Gasteiger partial charge in [0.05, 0.1) is 14.8 Å². The summed E-state index contributed by atoms with van der Waals surface area (Å²) >= 11 is 5.90. The summed E-state index contributed by atoms with van der Waals surface area (Å²) in [5.41, 5.74) is -0.0458. The summed E-state index contributed by atoms with van der Waals surface area (Å²) in [6, 6.07) is 2.28. The number of hydrogen-bond donors (Lipinski definition) is 2. The summed E-state index contributed by atoms with van der Waals surface area (Å²) in [7, 11) is -3.81. The zero-order valence-corrected chi connectivity index (χ0v) is 13.7. The molecular weight excluding hydrogens is 330 g/mol. The highest BCUT2D eigenvalue weighted by Crippen LogP contribution is 2.29. The topological polar surface area (TPSA) is 101 Å². The lowest BCUT2D eigenvalue weighted by atomic mass is 10.1. The van der Waals surface area contributed by atoms with Crippen molar-refractivity contribution in [2.75, 3.05) is 19.6 Å². The average Bonchev–Trinajstić information content (AvgIpc) is 2.94. The molecule has 0 aliphatic carbocycles. The number of halogens is 1. The van der Waals surface area contributed by atoms with Crippen molar-refractivity contribution in [1.29, 1.82) is 0 Å². The Morgan fingerprint density at radius 3 is 2.82 bits per heavy atom. The first-order valence-electron chi connectivity index (χ1n) is 6.96. The van der Waals surface area contributed by atoms with E-state index in [0.29, 0.717) is 12.5 Å². The van der Waals surface area contributed by atoms with Crippen LogP contribution >= 0.6 is 11.6 Å². The number of rotatable bonds is 6. The fourth-order valence-electron chi connectivity index (χ4n) is 2.43. The molecule has 22 heavy (non-hydrogen) atoms. The van der Waals surface area contributed by atoms with Crippen LogP contribution in [-0.4, -0.2) is 33.0 Å². The molecule has 0 radical (unpaired) electrons. The molecule has 1 aliphatic heterocycles. The second-order valence-electron chi connectivity index (χ2n) is 5.35. The van der Waals surface area contributed by atoms with Gasteiger partial charge in [-0.05, 0) is 44.8 Å². The van der Waals surface area contributed by atoms with Crippen LogP contribution in [-0.2, 0) is 10.0 Å². The first-order valence-corrected chi connectivity index (χ1v) is 8.82. The highest BCUT2D eigenvalue weighted by Gasteiger charge is 2.23. The number of nitro benzene ring substituents is 1. The zero-order chi connectivity index (χ0) is 16.3. The van der Waals surface area contributed by atoms with Gasteiger partial charge in [-0.3, -0.25) is 10.1 Å².